The number of benzene rings is 3. The maximum Gasteiger partial charge on any atom is 0.338 e. The SMILES string of the molecule is CCCn1ccnc1C1C(c2ccccc2)Nc2cccc(C(=O)OCC)c2C1Oc1ccccc1. The summed E-state index contributed by atoms with van der Waals surface area (Å²) in [4.78, 5) is 17.9. The Morgan fingerprint density at radius 1 is 0.972 bits per heavy atom. The summed E-state index contributed by atoms with van der Waals surface area (Å²) in [5, 5.41) is 3.73. The summed E-state index contributed by atoms with van der Waals surface area (Å²) in [6, 6.07) is 25.7. The van der Waals surface area contributed by atoms with E-state index >= 15 is 0 Å². The van der Waals surface area contributed by atoms with Gasteiger partial charge in [-0.25, -0.2) is 9.78 Å². The molecule has 0 aliphatic carbocycles. The Bertz CT molecular complexity index is 1300. The van der Waals surface area contributed by atoms with Crippen molar-refractivity contribution in [2.24, 2.45) is 0 Å². The summed E-state index contributed by atoms with van der Waals surface area (Å²) in [6.07, 6.45) is 4.37. The molecule has 184 valence electrons. The van der Waals surface area contributed by atoms with Crippen LogP contribution in [0.1, 0.15) is 65.6 Å². The van der Waals surface area contributed by atoms with Crippen LogP contribution in [0.4, 0.5) is 5.69 Å². The fourth-order valence-corrected chi connectivity index (χ4v) is 5.06. The topological polar surface area (TPSA) is 65.4 Å². The number of rotatable bonds is 8. The van der Waals surface area contributed by atoms with Gasteiger partial charge in [-0.3, -0.25) is 0 Å². The van der Waals surface area contributed by atoms with Crippen molar-refractivity contribution in [3.8, 4) is 5.75 Å². The molecule has 6 heteroatoms. The zero-order chi connectivity index (χ0) is 24.9. The minimum absolute atomic E-state index is 0.122. The Labute approximate surface area is 211 Å². The normalized spacial score (nSPS) is 18.7. The molecule has 0 radical (unpaired) electrons. The average molecular weight is 482 g/mol. The maximum atomic E-state index is 13.1. The van der Waals surface area contributed by atoms with Crippen molar-refractivity contribution >= 4 is 11.7 Å². The molecule has 0 fully saturated rings. The molecule has 5 rings (SSSR count). The van der Waals surface area contributed by atoms with Crippen LogP contribution < -0.4 is 10.1 Å². The molecule has 6 nitrogen and oxygen atoms in total. The number of fused-ring (bicyclic) bond motifs is 1. The molecule has 0 saturated heterocycles. The van der Waals surface area contributed by atoms with E-state index in [0.717, 1.165) is 41.4 Å². The first kappa shape index (κ1) is 23.7. The molecule has 1 N–H and O–H groups in total. The number of anilines is 1. The van der Waals surface area contributed by atoms with Crippen LogP contribution in [0.5, 0.6) is 5.75 Å². The lowest BCUT2D eigenvalue weighted by molar-refractivity contribution is 0.0517. The highest BCUT2D eigenvalue weighted by molar-refractivity contribution is 5.93. The maximum absolute atomic E-state index is 13.1. The van der Waals surface area contributed by atoms with E-state index in [1.807, 2.05) is 86.0 Å². The molecule has 0 saturated carbocycles. The van der Waals surface area contributed by atoms with E-state index in [1.165, 1.54) is 0 Å². The van der Waals surface area contributed by atoms with Crippen LogP contribution in [-0.4, -0.2) is 22.1 Å². The molecule has 36 heavy (non-hydrogen) atoms. The van der Waals surface area contributed by atoms with Crippen LogP contribution in [0.25, 0.3) is 0 Å². The number of hydrogen-bond donors (Lipinski definition) is 1. The molecule has 1 aliphatic heterocycles. The standard InChI is InChI=1S/C30H31N3O3/c1-3-19-33-20-18-31-29(33)26-27(21-12-7-5-8-13-21)32-24-17-11-16-23(30(34)35-4-2)25(24)28(26)36-22-14-9-6-10-15-22/h5-18,20,26-28,32H,3-4,19H2,1-2H3. The van der Waals surface area contributed by atoms with E-state index in [2.05, 4.69) is 28.9 Å². The largest absolute Gasteiger partial charge is 0.485 e. The van der Waals surface area contributed by atoms with Gasteiger partial charge in [0.1, 0.15) is 17.7 Å². The Hall–Kier alpha value is -4.06. The molecular formula is C30H31N3O3. The number of ether oxygens (including phenoxy) is 2. The number of carbonyl (C=O) groups excluding carboxylic acids is 1. The predicted octanol–water partition coefficient (Wildman–Crippen LogP) is 6.54. The highest BCUT2D eigenvalue weighted by atomic mass is 16.5. The van der Waals surface area contributed by atoms with Gasteiger partial charge in [0.25, 0.3) is 0 Å². The molecule has 1 aromatic heterocycles. The molecule has 1 aliphatic rings. The lowest BCUT2D eigenvalue weighted by Gasteiger charge is -2.41. The third-order valence-electron chi connectivity index (χ3n) is 6.56. The molecular weight excluding hydrogens is 450 g/mol. The number of esters is 1. The van der Waals surface area contributed by atoms with E-state index in [-0.39, 0.29) is 17.9 Å². The van der Waals surface area contributed by atoms with Gasteiger partial charge in [-0.05, 0) is 43.2 Å². The second-order valence-corrected chi connectivity index (χ2v) is 8.88. The monoisotopic (exact) mass is 481 g/mol. The zero-order valence-electron chi connectivity index (χ0n) is 20.6. The predicted molar refractivity (Wildman–Crippen MR) is 140 cm³/mol. The lowest BCUT2D eigenvalue weighted by atomic mass is 9.78. The summed E-state index contributed by atoms with van der Waals surface area (Å²) in [5.74, 6) is 1.09. The van der Waals surface area contributed by atoms with Crippen molar-refractivity contribution in [3.05, 3.63) is 114 Å². The summed E-state index contributed by atoms with van der Waals surface area (Å²) in [5.41, 5.74) is 3.29. The Morgan fingerprint density at radius 3 is 2.44 bits per heavy atom. The van der Waals surface area contributed by atoms with Crippen molar-refractivity contribution in [3.63, 3.8) is 0 Å². The molecule has 4 aromatic rings. The van der Waals surface area contributed by atoms with E-state index in [0.29, 0.717) is 12.2 Å². The quantitative estimate of drug-likeness (QED) is 0.290. The van der Waals surface area contributed by atoms with E-state index < -0.39 is 6.10 Å². The number of imidazole rings is 1. The van der Waals surface area contributed by atoms with E-state index in [4.69, 9.17) is 14.5 Å². The number of nitrogens with one attached hydrogen (secondary N) is 1. The zero-order valence-corrected chi connectivity index (χ0v) is 20.6. The van der Waals surface area contributed by atoms with Crippen LogP contribution in [-0.2, 0) is 11.3 Å². The first-order valence-electron chi connectivity index (χ1n) is 12.6. The van der Waals surface area contributed by atoms with Crippen molar-refractivity contribution < 1.29 is 14.3 Å². The second-order valence-electron chi connectivity index (χ2n) is 8.88. The molecule has 0 amide bonds. The average Bonchev–Trinajstić information content (AvgIpc) is 3.37. The molecule has 3 unspecified atom stereocenters. The van der Waals surface area contributed by atoms with Crippen molar-refractivity contribution in [1.82, 2.24) is 9.55 Å². The van der Waals surface area contributed by atoms with Gasteiger partial charge in [-0.15, -0.1) is 0 Å². The van der Waals surface area contributed by atoms with Crippen LogP contribution in [0.15, 0.2) is 91.3 Å². The van der Waals surface area contributed by atoms with Gasteiger partial charge < -0.3 is 19.4 Å². The van der Waals surface area contributed by atoms with Gasteiger partial charge in [0.05, 0.1) is 24.1 Å². The molecule has 3 atom stereocenters. The minimum Gasteiger partial charge on any atom is -0.485 e. The van der Waals surface area contributed by atoms with Gasteiger partial charge in [-0.2, -0.15) is 0 Å². The Morgan fingerprint density at radius 2 is 1.72 bits per heavy atom. The summed E-state index contributed by atoms with van der Waals surface area (Å²) < 4.78 is 14.4. The van der Waals surface area contributed by atoms with Gasteiger partial charge in [0.2, 0.25) is 0 Å². The molecule has 0 bridgehead atoms. The highest BCUT2D eigenvalue weighted by Gasteiger charge is 2.44. The number of para-hydroxylation sites is 1. The Balaban J connectivity index is 1.73. The van der Waals surface area contributed by atoms with Crippen LogP contribution in [0.3, 0.4) is 0 Å². The summed E-state index contributed by atoms with van der Waals surface area (Å²) >= 11 is 0. The van der Waals surface area contributed by atoms with Crippen LogP contribution >= 0.6 is 0 Å². The number of aryl methyl sites for hydroxylation is 1. The smallest absolute Gasteiger partial charge is 0.338 e. The van der Waals surface area contributed by atoms with Crippen LogP contribution in [0.2, 0.25) is 0 Å². The number of aromatic nitrogens is 2. The number of hydrogen-bond acceptors (Lipinski definition) is 5. The first-order valence-corrected chi connectivity index (χ1v) is 12.6. The first-order chi connectivity index (χ1) is 17.7. The number of carbonyl (C=O) groups is 1. The van der Waals surface area contributed by atoms with Gasteiger partial charge in [0.15, 0.2) is 0 Å². The summed E-state index contributed by atoms with van der Waals surface area (Å²) in [7, 11) is 0. The van der Waals surface area contributed by atoms with Crippen molar-refractivity contribution in [1.29, 1.82) is 0 Å². The minimum atomic E-state index is -0.479. The third-order valence-corrected chi connectivity index (χ3v) is 6.56. The fourth-order valence-electron chi connectivity index (χ4n) is 5.06. The van der Waals surface area contributed by atoms with E-state index in [9.17, 15) is 4.79 Å². The van der Waals surface area contributed by atoms with Gasteiger partial charge in [0, 0.05) is 30.2 Å². The van der Waals surface area contributed by atoms with Crippen molar-refractivity contribution in [2.75, 3.05) is 11.9 Å². The van der Waals surface area contributed by atoms with Gasteiger partial charge in [-0.1, -0.05) is 61.5 Å². The van der Waals surface area contributed by atoms with Crippen LogP contribution in [0, 0.1) is 0 Å². The second kappa shape index (κ2) is 10.7. The Kier molecular flexibility index (Phi) is 7.03. The van der Waals surface area contributed by atoms with Crippen molar-refractivity contribution in [2.45, 2.75) is 44.9 Å². The van der Waals surface area contributed by atoms with E-state index in [1.54, 1.807) is 0 Å². The summed E-state index contributed by atoms with van der Waals surface area (Å²) in [6.45, 7) is 5.12. The third kappa shape index (κ3) is 4.59. The highest BCUT2D eigenvalue weighted by Crippen LogP contribution is 2.51. The number of nitrogens with zero attached hydrogens (tertiary/aromatic N) is 2. The molecule has 0 spiro atoms. The van der Waals surface area contributed by atoms with Gasteiger partial charge >= 0.3 is 5.97 Å². The molecule has 2 heterocycles. The molecule has 3 aromatic carbocycles. The fraction of sp³-hybridized carbons (Fsp3) is 0.267. The lowest BCUT2D eigenvalue weighted by Crippen LogP contribution is -2.36.